The van der Waals surface area contributed by atoms with Gasteiger partial charge in [-0.25, -0.2) is 4.98 Å². The minimum absolute atomic E-state index is 0.808. The lowest BCUT2D eigenvalue weighted by molar-refractivity contribution is 0.644. The van der Waals surface area contributed by atoms with Crippen LogP contribution in [0.15, 0.2) is 36.7 Å². The molecule has 1 aromatic carbocycles. The third-order valence-corrected chi connectivity index (χ3v) is 3.69. The zero-order valence-corrected chi connectivity index (χ0v) is 11.7. The number of benzene rings is 1. The predicted octanol–water partition coefficient (Wildman–Crippen LogP) is 1.69. The average Bonchev–Trinajstić information content (AvgIpc) is 2.49. The Labute approximate surface area is 119 Å². The van der Waals surface area contributed by atoms with Gasteiger partial charge >= 0.3 is 0 Å². The number of nitrogen functional groups attached to an aromatic ring is 1. The zero-order chi connectivity index (χ0) is 13.9. The Morgan fingerprint density at radius 2 is 1.50 bits per heavy atom. The Morgan fingerprint density at radius 1 is 0.900 bits per heavy atom. The fraction of sp³-hybridized carbons (Fsp3) is 0.333. The van der Waals surface area contributed by atoms with Crippen LogP contribution in [0.25, 0.3) is 0 Å². The van der Waals surface area contributed by atoms with E-state index in [1.54, 1.807) is 12.4 Å². The smallest absolute Gasteiger partial charge is 0.150 e. The van der Waals surface area contributed by atoms with Gasteiger partial charge in [-0.3, -0.25) is 4.98 Å². The molecule has 0 radical (unpaired) electrons. The second kappa shape index (κ2) is 5.36. The molecule has 0 amide bonds. The summed E-state index contributed by atoms with van der Waals surface area (Å²) in [4.78, 5) is 13.4. The van der Waals surface area contributed by atoms with Gasteiger partial charge in [-0.15, -0.1) is 0 Å². The standard InChI is InChI=1S/C15H19N5/c1-12-15(18-7-6-17-12)20-10-8-19(9-11-20)14-4-2-13(16)3-5-14/h2-7H,8-11,16H2,1H3. The first kappa shape index (κ1) is 12.7. The van der Waals surface area contributed by atoms with Crippen LogP contribution in [0.3, 0.4) is 0 Å². The number of nitrogens with zero attached hydrogens (tertiary/aromatic N) is 4. The average molecular weight is 269 g/mol. The third-order valence-electron chi connectivity index (χ3n) is 3.69. The molecule has 1 fully saturated rings. The fourth-order valence-corrected chi connectivity index (χ4v) is 2.57. The molecule has 2 heterocycles. The fourth-order valence-electron chi connectivity index (χ4n) is 2.57. The van der Waals surface area contributed by atoms with Gasteiger partial charge in [0.05, 0.1) is 5.69 Å². The summed E-state index contributed by atoms with van der Waals surface area (Å²) in [5.41, 5.74) is 8.76. The van der Waals surface area contributed by atoms with Crippen molar-refractivity contribution in [3.05, 3.63) is 42.4 Å². The summed E-state index contributed by atoms with van der Waals surface area (Å²) in [6.45, 7) is 5.91. The molecule has 20 heavy (non-hydrogen) atoms. The van der Waals surface area contributed by atoms with Crippen LogP contribution in [0.1, 0.15) is 5.69 Å². The molecule has 0 unspecified atom stereocenters. The number of hydrogen-bond acceptors (Lipinski definition) is 5. The van der Waals surface area contributed by atoms with E-state index < -0.39 is 0 Å². The highest BCUT2D eigenvalue weighted by Crippen LogP contribution is 2.21. The topological polar surface area (TPSA) is 58.3 Å². The third kappa shape index (κ3) is 2.52. The molecule has 2 aromatic rings. The first-order valence-corrected chi connectivity index (χ1v) is 6.87. The van der Waals surface area contributed by atoms with Crippen LogP contribution >= 0.6 is 0 Å². The monoisotopic (exact) mass is 269 g/mol. The largest absolute Gasteiger partial charge is 0.399 e. The van der Waals surface area contributed by atoms with Gasteiger partial charge in [0.2, 0.25) is 0 Å². The Morgan fingerprint density at radius 3 is 2.15 bits per heavy atom. The molecule has 0 bridgehead atoms. The molecule has 0 atom stereocenters. The van der Waals surface area contributed by atoms with Crippen molar-refractivity contribution in [3.8, 4) is 0 Å². The first-order valence-electron chi connectivity index (χ1n) is 6.87. The van der Waals surface area contributed by atoms with Crippen molar-refractivity contribution in [2.45, 2.75) is 6.92 Å². The summed E-state index contributed by atoms with van der Waals surface area (Å²) in [7, 11) is 0. The van der Waals surface area contributed by atoms with Gasteiger partial charge < -0.3 is 15.5 Å². The highest BCUT2D eigenvalue weighted by molar-refractivity contribution is 5.54. The van der Waals surface area contributed by atoms with Crippen molar-refractivity contribution in [2.75, 3.05) is 41.7 Å². The summed E-state index contributed by atoms with van der Waals surface area (Å²) in [6, 6.07) is 8.07. The van der Waals surface area contributed by atoms with Crippen LogP contribution < -0.4 is 15.5 Å². The number of rotatable bonds is 2. The van der Waals surface area contributed by atoms with E-state index in [9.17, 15) is 0 Å². The van der Waals surface area contributed by atoms with Gasteiger partial charge in [0.1, 0.15) is 5.82 Å². The van der Waals surface area contributed by atoms with Gasteiger partial charge in [-0.1, -0.05) is 0 Å². The van der Waals surface area contributed by atoms with Crippen molar-refractivity contribution >= 4 is 17.2 Å². The summed E-state index contributed by atoms with van der Waals surface area (Å²) >= 11 is 0. The molecule has 0 spiro atoms. The molecule has 1 aromatic heterocycles. The second-order valence-corrected chi connectivity index (χ2v) is 5.03. The van der Waals surface area contributed by atoms with Crippen molar-refractivity contribution in [1.82, 2.24) is 9.97 Å². The van der Waals surface area contributed by atoms with Crippen LogP contribution in [0.4, 0.5) is 17.2 Å². The minimum Gasteiger partial charge on any atom is -0.399 e. The molecule has 5 nitrogen and oxygen atoms in total. The van der Waals surface area contributed by atoms with Crippen molar-refractivity contribution in [2.24, 2.45) is 0 Å². The molecule has 2 N–H and O–H groups in total. The van der Waals surface area contributed by atoms with Gasteiger partial charge in [0.15, 0.2) is 0 Å². The second-order valence-electron chi connectivity index (χ2n) is 5.03. The van der Waals surface area contributed by atoms with Gasteiger partial charge in [0.25, 0.3) is 0 Å². The lowest BCUT2D eigenvalue weighted by Crippen LogP contribution is -2.47. The number of aromatic nitrogens is 2. The Hall–Kier alpha value is -2.30. The van der Waals surface area contributed by atoms with Gasteiger partial charge in [0, 0.05) is 49.9 Å². The van der Waals surface area contributed by atoms with E-state index >= 15 is 0 Å². The number of anilines is 3. The predicted molar refractivity (Wildman–Crippen MR) is 82.0 cm³/mol. The van der Waals surface area contributed by atoms with Crippen LogP contribution in [-0.4, -0.2) is 36.1 Å². The van der Waals surface area contributed by atoms with E-state index in [1.165, 1.54) is 5.69 Å². The van der Waals surface area contributed by atoms with Crippen LogP contribution in [0.5, 0.6) is 0 Å². The maximum atomic E-state index is 5.73. The molecule has 1 aliphatic heterocycles. The Balaban J connectivity index is 1.68. The molecule has 1 saturated heterocycles. The van der Waals surface area contributed by atoms with E-state index in [0.717, 1.165) is 43.4 Å². The molecule has 5 heteroatoms. The molecule has 104 valence electrons. The van der Waals surface area contributed by atoms with Gasteiger partial charge in [-0.05, 0) is 31.2 Å². The molecular weight excluding hydrogens is 250 g/mol. The van der Waals surface area contributed by atoms with Crippen LogP contribution in [-0.2, 0) is 0 Å². The lowest BCUT2D eigenvalue weighted by atomic mass is 10.2. The summed E-state index contributed by atoms with van der Waals surface area (Å²) in [5.74, 6) is 1.00. The number of nitrogens with two attached hydrogens (primary N) is 1. The lowest BCUT2D eigenvalue weighted by Gasteiger charge is -2.37. The highest BCUT2D eigenvalue weighted by atomic mass is 15.3. The number of piperazine rings is 1. The molecule has 3 rings (SSSR count). The normalized spacial score (nSPS) is 15.4. The summed E-state index contributed by atoms with van der Waals surface area (Å²) in [6.07, 6.45) is 3.50. The van der Waals surface area contributed by atoms with Crippen molar-refractivity contribution in [3.63, 3.8) is 0 Å². The van der Waals surface area contributed by atoms with Crippen molar-refractivity contribution in [1.29, 1.82) is 0 Å². The summed E-state index contributed by atoms with van der Waals surface area (Å²) < 4.78 is 0. The minimum atomic E-state index is 0.808. The van der Waals surface area contributed by atoms with E-state index in [4.69, 9.17) is 5.73 Å². The Bertz CT molecular complexity index is 573. The maximum Gasteiger partial charge on any atom is 0.150 e. The highest BCUT2D eigenvalue weighted by Gasteiger charge is 2.19. The quantitative estimate of drug-likeness (QED) is 0.841. The van der Waals surface area contributed by atoms with E-state index in [2.05, 4.69) is 31.9 Å². The van der Waals surface area contributed by atoms with E-state index in [1.807, 2.05) is 19.1 Å². The maximum absolute atomic E-state index is 5.73. The summed E-state index contributed by atoms with van der Waals surface area (Å²) in [5, 5.41) is 0. The molecule has 1 aliphatic rings. The molecule has 0 saturated carbocycles. The number of aryl methyl sites for hydroxylation is 1. The SMILES string of the molecule is Cc1nccnc1N1CCN(c2ccc(N)cc2)CC1. The Kier molecular flexibility index (Phi) is 3.41. The first-order chi connectivity index (χ1) is 9.74. The number of hydrogen-bond donors (Lipinski definition) is 1. The van der Waals surface area contributed by atoms with Gasteiger partial charge in [-0.2, -0.15) is 0 Å². The van der Waals surface area contributed by atoms with Crippen LogP contribution in [0, 0.1) is 6.92 Å². The molecule has 0 aliphatic carbocycles. The van der Waals surface area contributed by atoms with Crippen molar-refractivity contribution < 1.29 is 0 Å². The molecular formula is C15H19N5. The van der Waals surface area contributed by atoms with Crippen LogP contribution in [0.2, 0.25) is 0 Å². The van der Waals surface area contributed by atoms with E-state index in [0.29, 0.717) is 0 Å². The zero-order valence-electron chi connectivity index (χ0n) is 11.7. The van der Waals surface area contributed by atoms with E-state index in [-0.39, 0.29) is 0 Å².